The minimum absolute atomic E-state index is 0.321. The van der Waals surface area contributed by atoms with Crippen LogP contribution in [0.1, 0.15) is 34.6 Å². The van der Waals surface area contributed by atoms with E-state index in [1.54, 1.807) is 0 Å². The second kappa shape index (κ2) is 3.79. The molecule has 2 nitrogen and oxygen atoms in total. The number of nitrogens with one attached hydrogen (secondary N) is 1. The van der Waals surface area contributed by atoms with E-state index in [9.17, 15) is 0 Å². The monoisotopic (exact) mass is 182 g/mol. The Morgan fingerprint density at radius 2 is 2.00 bits per heavy atom. The van der Waals surface area contributed by atoms with Gasteiger partial charge in [0.25, 0.3) is 0 Å². The molecule has 0 spiro atoms. The minimum Gasteiger partial charge on any atom is -0.294 e. The van der Waals surface area contributed by atoms with Crippen molar-refractivity contribution in [1.29, 1.82) is 0 Å². The molecular weight excluding hydrogens is 160 g/mol. The lowest BCUT2D eigenvalue weighted by molar-refractivity contribution is 0.195. The number of aliphatic imine (C=N–C) groups is 1. The summed E-state index contributed by atoms with van der Waals surface area (Å²) in [5.41, 5.74) is 0.321. The van der Waals surface area contributed by atoms with Crippen molar-refractivity contribution < 1.29 is 0 Å². The zero-order valence-electron chi connectivity index (χ0n) is 9.46. The fraction of sp³-hybridized carbons (Fsp3) is 0.909. The standard InChI is InChI=1S/C11H22N2/c1-8(2)9-6-12-7-13-10(9)11(3,4)5/h6,8-10,13H,7H2,1-5H3. The van der Waals surface area contributed by atoms with E-state index in [4.69, 9.17) is 0 Å². The normalized spacial score (nSPS) is 29.7. The molecule has 1 heterocycles. The van der Waals surface area contributed by atoms with Gasteiger partial charge in [0.05, 0.1) is 6.67 Å². The first-order chi connectivity index (χ1) is 5.93. The molecule has 0 aromatic carbocycles. The van der Waals surface area contributed by atoms with Crippen LogP contribution in [0, 0.1) is 17.3 Å². The van der Waals surface area contributed by atoms with Gasteiger partial charge >= 0.3 is 0 Å². The highest BCUT2D eigenvalue weighted by Gasteiger charge is 2.33. The quantitative estimate of drug-likeness (QED) is 0.661. The summed E-state index contributed by atoms with van der Waals surface area (Å²) in [5, 5.41) is 3.49. The fourth-order valence-corrected chi connectivity index (χ4v) is 1.99. The van der Waals surface area contributed by atoms with Gasteiger partial charge < -0.3 is 0 Å². The molecule has 13 heavy (non-hydrogen) atoms. The number of rotatable bonds is 1. The highest BCUT2D eigenvalue weighted by molar-refractivity contribution is 5.63. The van der Waals surface area contributed by atoms with E-state index in [2.05, 4.69) is 51.1 Å². The lowest BCUT2D eigenvalue weighted by atomic mass is 9.74. The van der Waals surface area contributed by atoms with Crippen molar-refractivity contribution in [3.8, 4) is 0 Å². The summed E-state index contributed by atoms with van der Waals surface area (Å²) in [5.74, 6) is 1.24. The van der Waals surface area contributed by atoms with Gasteiger partial charge in [-0.05, 0) is 11.3 Å². The van der Waals surface area contributed by atoms with Gasteiger partial charge in [-0.25, -0.2) is 0 Å². The Kier molecular flexibility index (Phi) is 3.12. The molecular formula is C11H22N2. The molecule has 0 fully saturated rings. The van der Waals surface area contributed by atoms with Crippen molar-refractivity contribution >= 4 is 6.21 Å². The molecule has 0 aromatic heterocycles. The molecule has 0 amide bonds. The SMILES string of the molecule is CC(C)C1C=NCNC1C(C)(C)C. The molecule has 0 aromatic rings. The maximum atomic E-state index is 4.31. The molecule has 2 atom stereocenters. The lowest BCUT2D eigenvalue weighted by Crippen LogP contribution is -2.50. The molecule has 76 valence electrons. The van der Waals surface area contributed by atoms with E-state index in [0.717, 1.165) is 6.67 Å². The molecule has 0 radical (unpaired) electrons. The van der Waals surface area contributed by atoms with Gasteiger partial charge in [-0.1, -0.05) is 34.6 Å². The molecule has 1 rings (SSSR count). The van der Waals surface area contributed by atoms with Crippen molar-refractivity contribution in [2.24, 2.45) is 22.2 Å². The summed E-state index contributed by atoms with van der Waals surface area (Å²) in [6.45, 7) is 12.2. The van der Waals surface area contributed by atoms with Crippen LogP contribution < -0.4 is 5.32 Å². The van der Waals surface area contributed by atoms with Gasteiger partial charge in [0.1, 0.15) is 0 Å². The minimum atomic E-state index is 0.321. The van der Waals surface area contributed by atoms with Crippen molar-refractivity contribution in [3.05, 3.63) is 0 Å². The van der Waals surface area contributed by atoms with Gasteiger partial charge in [-0.2, -0.15) is 0 Å². The average molecular weight is 182 g/mol. The third-order valence-corrected chi connectivity index (χ3v) is 2.77. The number of hydrogen-bond donors (Lipinski definition) is 1. The second-order valence-corrected chi connectivity index (χ2v) is 5.36. The van der Waals surface area contributed by atoms with Gasteiger partial charge in [0.2, 0.25) is 0 Å². The highest BCUT2D eigenvalue weighted by atomic mass is 15.1. The van der Waals surface area contributed by atoms with Crippen LogP contribution in [-0.4, -0.2) is 18.9 Å². The van der Waals surface area contributed by atoms with Crippen molar-refractivity contribution in [2.75, 3.05) is 6.67 Å². The fourth-order valence-electron chi connectivity index (χ4n) is 1.99. The molecule has 0 saturated heterocycles. The summed E-state index contributed by atoms with van der Waals surface area (Å²) in [4.78, 5) is 4.31. The van der Waals surface area contributed by atoms with Gasteiger partial charge in [0.15, 0.2) is 0 Å². The van der Waals surface area contributed by atoms with Crippen LogP contribution >= 0.6 is 0 Å². The summed E-state index contributed by atoms with van der Waals surface area (Å²) >= 11 is 0. The Hall–Kier alpha value is -0.370. The number of hydrogen-bond acceptors (Lipinski definition) is 2. The largest absolute Gasteiger partial charge is 0.294 e. The van der Waals surface area contributed by atoms with E-state index in [0.29, 0.717) is 23.3 Å². The molecule has 1 aliphatic heterocycles. The Bertz CT molecular complexity index is 189. The Labute approximate surface area is 81.8 Å². The average Bonchev–Trinajstić information content (AvgIpc) is 2.03. The van der Waals surface area contributed by atoms with Gasteiger partial charge in [-0.15, -0.1) is 0 Å². The Morgan fingerprint density at radius 1 is 1.38 bits per heavy atom. The van der Waals surface area contributed by atoms with E-state index in [-0.39, 0.29) is 0 Å². The van der Waals surface area contributed by atoms with Crippen LogP contribution in [0.15, 0.2) is 4.99 Å². The molecule has 2 heteroatoms. The van der Waals surface area contributed by atoms with Crippen LogP contribution in [0.2, 0.25) is 0 Å². The third kappa shape index (κ3) is 2.53. The predicted molar refractivity (Wildman–Crippen MR) is 58.1 cm³/mol. The smallest absolute Gasteiger partial charge is 0.0883 e. The van der Waals surface area contributed by atoms with Gasteiger partial charge in [-0.3, -0.25) is 10.3 Å². The summed E-state index contributed by atoms with van der Waals surface area (Å²) in [6.07, 6.45) is 2.14. The zero-order chi connectivity index (χ0) is 10.1. The third-order valence-electron chi connectivity index (χ3n) is 2.77. The molecule has 2 unspecified atom stereocenters. The first-order valence-corrected chi connectivity index (χ1v) is 5.16. The van der Waals surface area contributed by atoms with Crippen molar-refractivity contribution in [2.45, 2.75) is 40.7 Å². The Morgan fingerprint density at radius 3 is 2.38 bits per heavy atom. The molecule has 1 aliphatic rings. The van der Waals surface area contributed by atoms with Crippen LogP contribution in [0.5, 0.6) is 0 Å². The van der Waals surface area contributed by atoms with Crippen molar-refractivity contribution in [1.82, 2.24) is 5.32 Å². The van der Waals surface area contributed by atoms with Gasteiger partial charge in [0, 0.05) is 18.2 Å². The summed E-state index contributed by atoms with van der Waals surface area (Å²) in [6, 6.07) is 0.560. The van der Waals surface area contributed by atoms with E-state index < -0.39 is 0 Å². The molecule has 0 bridgehead atoms. The predicted octanol–water partition coefficient (Wildman–Crippen LogP) is 2.30. The number of nitrogens with zero attached hydrogens (tertiary/aromatic N) is 1. The van der Waals surface area contributed by atoms with E-state index >= 15 is 0 Å². The summed E-state index contributed by atoms with van der Waals surface area (Å²) in [7, 11) is 0. The van der Waals surface area contributed by atoms with Crippen LogP contribution in [0.25, 0.3) is 0 Å². The van der Waals surface area contributed by atoms with E-state index in [1.165, 1.54) is 0 Å². The van der Waals surface area contributed by atoms with Crippen LogP contribution in [-0.2, 0) is 0 Å². The molecule has 0 saturated carbocycles. The van der Waals surface area contributed by atoms with Crippen molar-refractivity contribution in [3.63, 3.8) is 0 Å². The highest BCUT2D eigenvalue weighted by Crippen LogP contribution is 2.29. The first-order valence-electron chi connectivity index (χ1n) is 5.16. The maximum Gasteiger partial charge on any atom is 0.0883 e. The Balaban J connectivity index is 2.77. The molecule has 0 aliphatic carbocycles. The van der Waals surface area contributed by atoms with E-state index in [1.807, 2.05) is 0 Å². The molecule has 1 N–H and O–H groups in total. The topological polar surface area (TPSA) is 24.4 Å². The summed E-state index contributed by atoms with van der Waals surface area (Å²) < 4.78 is 0. The first kappa shape index (κ1) is 10.7. The lowest BCUT2D eigenvalue weighted by Gasteiger charge is -2.39. The maximum absolute atomic E-state index is 4.31. The second-order valence-electron chi connectivity index (χ2n) is 5.36. The van der Waals surface area contributed by atoms with Crippen LogP contribution in [0.3, 0.4) is 0 Å². The van der Waals surface area contributed by atoms with Crippen LogP contribution in [0.4, 0.5) is 0 Å². The zero-order valence-corrected chi connectivity index (χ0v) is 9.46.